The number of hydrazine groups is 1. The smallest absolute Gasteiger partial charge is 0.145 e. The molecule has 0 saturated carbocycles. The molecule has 0 bridgehead atoms. The Balaban J connectivity index is 2.28. The second-order valence-corrected chi connectivity index (χ2v) is 5.05. The lowest BCUT2D eigenvalue weighted by atomic mass is 10.1. The van der Waals surface area contributed by atoms with E-state index in [1.165, 1.54) is 0 Å². The highest BCUT2D eigenvalue weighted by molar-refractivity contribution is 5.81. The number of hydrogen-bond donors (Lipinski definition) is 2. The normalized spacial score (nSPS) is 12.8. The molecule has 0 spiro atoms. The van der Waals surface area contributed by atoms with Crippen LogP contribution in [0.4, 0.5) is 5.82 Å². The lowest BCUT2D eigenvalue weighted by molar-refractivity contribution is 0.112. The number of hydrogen-bond acceptors (Lipinski definition) is 5. The van der Waals surface area contributed by atoms with Crippen molar-refractivity contribution in [2.75, 3.05) is 26.2 Å². The Morgan fingerprint density at radius 3 is 2.85 bits per heavy atom. The zero-order valence-corrected chi connectivity index (χ0v) is 12.3. The van der Waals surface area contributed by atoms with Crippen LogP contribution in [-0.4, -0.2) is 36.7 Å². The van der Waals surface area contributed by atoms with E-state index in [2.05, 4.69) is 41.4 Å². The SMILES string of the molecule is COCC(C)N(C)Cc1cc2ccccc2nc1NN. The number of rotatable bonds is 6. The zero-order chi connectivity index (χ0) is 14.5. The number of nitrogens with one attached hydrogen (secondary N) is 1. The van der Waals surface area contributed by atoms with Crippen molar-refractivity contribution in [2.45, 2.75) is 19.5 Å². The largest absolute Gasteiger partial charge is 0.383 e. The van der Waals surface area contributed by atoms with E-state index in [9.17, 15) is 0 Å². The van der Waals surface area contributed by atoms with E-state index in [1.54, 1.807) is 7.11 Å². The number of para-hydroxylation sites is 1. The van der Waals surface area contributed by atoms with Crippen molar-refractivity contribution in [1.82, 2.24) is 9.88 Å². The number of benzene rings is 1. The summed E-state index contributed by atoms with van der Waals surface area (Å²) in [5.41, 5.74) is 4.72. The van der Waals surface area contributed by atoms with Crippen molar-refractivity contribution in [3.8, 4) is 0 Å². The maximum atomic E-state index is 5.60. The lowest BCUT2D eigenvalue weighted by Crippen LogP contribution is -2.32. The van der Waals surface area contributed by atoms with Gasteiger partial charge in [-0.3, -0.25) is 4.90 Å². The van der Waals surface area contributed by atoms with Gasteiger partial charge >= 0.3 is 0 Å². The Labute approximate surface area is 119 Å². The summed E-state index contributed by atoms with van der Waals surface area (Å²) < 4.78 is 5.19. The Kier molecular flexibility index (Phi) is 4.89. The Hall–Kier alpha value is -1.69. The molecule has 1 heterocycles. The number of nitrogen functional groups attached to an aromatic ring is 1. The van der Waals surface area contributed by atoms with Gasteiger partial charge in [-0.15, -0.1) is 0 Å². The summed E-state index contributed by atoms with van der Waals surface area (Å²) in [6.07, 6.45) is 0. The van der Waals surface area contributed by atoms with Crippen LogP contribution in [0, 0.1) is 0 Å². The lowest BCUT2D eigenvalue weighted by Gasteiger charge is -2.25. The van der Waals surface area contributed by atoms with Gasteiger partial charge in [-0.05, 0) is 26.1 Å². The maximum absolute atomic E-state index is 5.60. The van der Waals surface area contributed by atoms with Crippen molar-refractivity contribution in [3.05, 3.63) is 35.9 Å². The van der Waals surface area contributed by atoms with Crippen molar-refractivity contribution in [3.63, 3.8) is 0 Å². The molecule has 2 aromatic rings. The molecule has 0 aliphatic heterocycles. The van der Waals surface area contributed by atoms with Crippen LogP contribution in [0.25, 0.3) is 10.9 Å². The van der Waals surface area contributed by atoms with Crippen molar-refractivity contribution in [1.29, 1.82) is 0 Å². The second-order valence-electron chi connectivity index (χ2n) is 5.05. The minimum atomic E-state index is 0.331. The monoisotopic (exact) mass is 274 g/mol. The van der Waals surface area contributed by atoms with Crippen LogP contribution in [0.3, 0.4) is 0 Å². The summed E-state index contributed by atoms with van der Waals surface area (Å²) >= 11 is 0. The van der Waals surface area contributed by atoms with E-state index < -0.39 is 0 Å². The highest BCUT2D eigenvalue weighted by atomic mass is 16.5. The molecule has 0 amide bonds. The van der Waals surface area contributed by atoms with Crippen molar-refractivity contribution >= 4 is 16.7 Å². The van der Waals surface area contributed by atoms with E-state index in [1.807, 2.05) is 18.2 Å². The number of fused-ring (bicyclic) bond motifs is 1. The van der Waals surface area contributed by atoms with Crippen LogP contribution in [0.5, 0.6) is 0 Å². The number of pyridine rings is 1. The Bertz CT molecular complexity index is 573. The standard InChI is InChI=1S/C15H22N4O/c1-11(10-20-3)19(2)9-13-8-12-6-4-5-7-14(12)17-15(13)18-16/h4-8,11H,9-10,16H2,1-3H3,(H,17,18). The summed E-state index contributed by atoms with van der Waals surface area (Å²) in [5.74, 6) is 6.32. The van der Waals surface area contributed by atoms with Crippen LogP contribution >= 0.6 is 0 Å². The summed E-state index contributed by atoms with van der Waals surface area (Å²) in [7, 11) is 3.79. The van der Waals surface area contributed by atoms with Gasteiger partial charge in [-0.2, -0.15) is 0 Å². The third kappa shape index (κ3) is 3.25. The van der Waals surface area contributed by atoms with Crippen LogP contribution in [0.1, 0.15) is 12.5 Å². The van der Waals surface area contributed by atoms with E-state index in [-0.39, 0.29) is 0 Å². The number of methoxy groups -OCH3 is 1. The summed E-state index contributed by atoms with van der Waals surface area (Å²) in [6.45, 7) is 3.60. The predicted octanol–water partition coefficient (Wildman–Crippen LogP) is 1.99. The molecule has 5 heteroatoms. The molecule has 0 aliphatic carbocycles. The van der Waals surface area contributed by atoms with Crippen LogP contribution in [0.2, 0.25) is 0 Å². The first kappa shape index (κ1) is 14.7. The average Bonchev–Trinajstić information content (AvgIpc) is 2.46. The number of ether oxygens (including phenoxy) is 1. The van der Waals surface area contributed by atoms with E-state index in [4.69, 9.17) is 10.6 Å². The second kappa shape index (κ2) is 6.65. The number of likely N-dealkylation sites (N-methyl/N-ethyl adjacent to an activating group) is 1. The van der Waals surface area contributed by atoms with E-state index >= 15 is 0 Å². The summed E-state index contributed by atoms with van der Waals surface area (Å²) in [6, 6.07) is 10.5. The van der Waals surface area contributed by atoms with Crippen LogP contribution in [-0.2, 0) is 11.3 Å². The van der Waals surface area contributed by atoms with Gasteiger partial charge in [0.05, 0.1) is 12.1 Å². The molecule has 0 saturated heterocycles. The zero-order valence-electron chi connectivity index (χ0n) is 12.3. The first-order chi connectivity index (χ1) is 9.65. The molecule has 2 rings (SSSR count). The minimum Gasteiger partial charge on any atom is -0.383 e. The third-order valence-corrected chi connectivity index (χ3v) is 3.52. The van der Waals surface area contributed by atoms with Crippen molar-refractivity contribution in [2.24, 2.45) is 5.84 Å². The fourth-order valence-electron chi connectivity index (χ4n) is 2.20. The topological polar surface area (TPSA) is 63.4 Å². The highest BCUT2D eigenvalue weighted by Gasteiger charge is 2.13. The maximum Gasteiger partial charge on any atom is 0.145 e. The molecule has 108 valence electrons. The number of aromatic nitrogens is 1. The number of anilines is 1. The molecular formula is C15H22N4O. The molecule has 1 aromatic heterocycles. The van der Waals surface area contributed by atoms with Crippen LogP contribution < -0.4 is 11.3 Å². The van der Waals surface area contributed by atoms with Gasteiger partial charge < -0.3 is 10.2 Å². The summed E-state index contributed by atoms with van der Waals surface area (Å²) in [4.78, 5) is 6.78. The number of nitrogens with zero attached hydrogens (tertiary/aromatic N) is 2. The molecule has 1 atom stereocenters. The molecule has 0 aliphatic rings. The molecule has 1 unspecified atom stereocenters. The average molecular weight is 274 g/mol. The Morgan fingerprint density at radius 1 is 1.40 bits per heavy atom. The summed E-state index contributed by atoms with van der Waals surface area (Å²) in [5, 5.41) is 1.12. The van der Waals surface area contributed by atoms with Crippen LogP contribution in [0.15, 0.2) is 30.3 Å². The van der Waals surface area contributed by atoms with Gasteiger partial charge in [0.25, 0.3) is 0 Å². The molecule has 5 nitrogen and oxygen atoms in total. The van der Waals surface area contributed by atoms with Gasteiger partial charge in [0.1, 0.15) is 5.82 Å². The molecule has 3 N–H and O–H groups in total. The van der Waals surface area contributed by atoms with Gasteiger partial charge in [-0.25, -0.2) is 10.8 Å². The molecular weight excluding hydrogens is 252 g/mol. The first-order valence-electron chi connectivity index (χ1n) is 6.70. The fourth-order valence-corrected chi connectivity index (χ4v) is 2.20. The molecule has 0 fully saturated rings. The predicted molar refractivity (Wildman–Crippen MR) is 82.4 cm³/mol. The van der Waals surface area contributed by atoms with Gasteiger partial charge in [0.15, 0.2) is 0 Å². The quantitative estimate of drug-likeness (QED) is 0.623. The molecule has 20 heavy (non-hydrogen) atoms. The van der Waals surface area contributed by atoms with Crippen molar-refractivity contribution < 1.29 is 4.74 Å². The number of nitrogens with two attached hydrogens (primary N) is 1. The third-order valence-electron chi connectivity index (χ3n) is 3.52. The minimum absolute atomic E-state index is 0.331. The molecule has 0 radical (unpaired) electrons. The molecule has 1 aromatic carbocycles. The van der Waals surface area contributed by atoms with Gasteiger partial charge in [0.2, 0.25) is 0 Å². The fraction of sp³-hybridized carbons (Fsp3) is 0.400. The Morgan fingerprint density at radius 2 is 2.15 bits per heavy atom. The first-order valence-corrected chi connectivity index (χ1v) is 6.70. The van der Waals surface area contributed by atoms with Gasteiger partial charge in [-0.1, -0.05) is 18.2 Å². The van der Waals surface area contributed by atoms with E-state index in [0.717, 1.165) is 28.8 Å². The van der Waals surface area contributed by atoms with E-state index in [0.29, 0.717) is 12.6 Å². The highest BCUT2D eigenvalue weighted by Crippen LogP contribution is 2.21. The van der Waals surface area contributed by atoms with Gasteiger partial charge in [0, 0.05) is 30.6 Å².